The van der Waals surface area contributed by atoms with E-state index < -0.39 is 0 Å². The third-order valence-corrected chi connectivity index (χ3v) is 7.42. The molecule has 202 valence electrons. The molecule has 38 heavy (non-hydrogen) atoms. The van der Waals surface area contributed by atoms with Crippen LogP contribution >= 0.6 is 0 Å². The molecule has 1 saturated carbocycles. The van der Waals surface area contributed by atoms with Gasteiger partial charge in [0.25, 0.3) is 0 Å². The van der Waals surface area contributed by atoms with Gasteiger partial charge in [-0.3, -0.25) is 14.4 Å². The Morgan fingerprint density at radius 1 is 1.00 bits per heavy atom. The molecule has 1 aliphatic carbocycles. The van der Waals surface area contributed by atoms with Crippen LogP contribution in [-0.2, 0) is 27.4 Å². The Balaban J connectivity index is 1.54. The van der Waals surface area contributed by atoms with Gasteiger partial charge in [0, 0.05) is 26.6 Å². The lowest BCUT2D eigenvalue weighted by Crippen LogP contribution is -2.44. The molecule has 0 aliphatic heterocycles. The van der Waals surface area contributed by atoms with E-state index in [-0.39, 0.29) is 30.3 Å². The lowest BCUT2D eigenvalue weighted by molar-refractivity contribution is -0.142. The summed E-state index contributed by atoms with van der Waals surface area (Å²) in [6, 6.07) is 15.1. The van der Waals surface area contributed by atoms with E-state index in [9.17, 15) is 14.4 Å². The first-order valence-electron chi connectivity index (χ1n) is 13.5. The molecule has 1 aliphatic rings. The molecule has 3 aromatic rings. The Bertz CT molecular complexity index is 1280. The second-order valence-electron chi connectivity index (χ2n) is 10.3. The highest BCUT2D eigenvalue weighted by Gasteiger charge is 2.24. The predicted octanol–water partition coefficient (Wildman–Crippen LogP) is 5.08. The highest BCUT2D eigenvalue weighted by atomic mass is 16.5. The van der Waals surface area contributed by atoms with Crippen molar-refractivity contribution in [3.63, 3.8) is 0 Å². The molecule has 0 saturated heterocycles. The third kappa shape index (κ3) is 7.32. The van der Waals surface area contributed by atoms with Gasteiger partial charge in [-0.25, -0.2) is 0 Å². The molecule has 7 nitrogen and oxygen atoms in total. The minimum Gasteiger partial charge on any atom is -0.464 e. The molecule has 0 spiro atoms. The average Bonchev–Trinajstić information content (AvgIpc) is 3.45. The zero-order valence-electron chi connectivity index (χ0n) is 22.5. The van der Waals surface area contributed by atoms with Gasteiger partial charge in [0.2, 0.25) is 11.8 Å². The quantitative estimate of drug-likeness (QED) is 0.334. The van der Waals surface area contributed by atoms with Gasteiger partial charge in [-0.2, -0.15) is 0 Å². The third-order valence-electron chi connectivity index (χ3n) is 7.42. The highest BCUT2D eigenvalue weighted by Crippen LogP contribution is 2.28. The molecular formula is C31H38N2O5. The number of benzene rings is 2. The van der Waals surface area contributed by atoms with E-state index in [4.69, 9.17) is 9.15 Å². The zero-order valence-corrected chi connectivity index (χ0v) is 22.5. The summed E-state index contributed by atoms with van der Waals surface area (Å²) in [5.41, 5.74) is 2.68. The molecule has 0 radical (unpaired) electrons. The molecular weight excluding hydrogens is 480 g/mol. The maximum absolute atomic E-state index is 13.7. The largest absolute Gasteiger partial charge is 0.464 e. The van der Waals surface area contributed by atoms with Crippen molar-refractivity contribution in [2.45, 2.75) is 58.5 Å². The van der Waals surface area contributed by atoms with Crippen LogP contribution in [0.2, 0.25) is 0 Å². The minimum atomic E-state index is -0.220. The second kappa shape index (κ2) is 13.4. The molecule has 1 heterocycles. The molecule has 4 rings (SSSR count). The van der Waals surface area contributed by atoms with Crippen LogP contribution in [0.25, 0.3) is 11.0 Å². The highest BCUT2D eigenvalue weighted by molar-refractivity contribution is 5.85. The smallest absolute Gasteiger partial charge is 0.242 e. The number of ether oxygens (including phenoxy) is 1. The first-order valence-corrected chi connectivity index (χ1v) is 13.5. The van der Waals surface area contributed by atoms with Gasteiger partial charge in [-0.1, -0.05) is 67.6 Å². The van der Waals surface area contributed by atoms with Gasteiger partial charge in [0.15, 0.2) is 5.43 Å². The summed E-state index contributed by atoms with van der Waals surface area (Å²) in [6.45, 7) is 2.98. The SMILES string of the molecule is COCCN(CC(=O)N(Cc1ccccc1)Cc1coc2ccc(C)cc2c1=O)C(=O)CCC1CCCC1. The first kappa shape index (κ1) is 27.6. The molecule has 1 fully saturated rings. The van der Waals surface area contributed by atoms with E-state index >= 15 is 0 Å². The summed E-state index contributed by atoms with van der Waals surface area (Å²) < 4.78 is 11.0. The van der Waals surface area contributed by atoms with Crippen LogP contribution in [-0.4, -0.2) is 48.4 Å². The van der Waals surface area contributed by atoms with Crippen molar-refractivity contribution in [2.24, 2.45) is 5.92 Å². The number of aryl methyl sites for hydroxylation is 1. The van der Waals surface area contributed by atoms with Crippen LogP contribution < -0.4 is 5.43 Å². The molecule has 2 aromatic carbocycles. The maximum atomic E-state index is 13.7. The number of nitrogens with zero attached hydrogens (tertiary/aromatic N) is 2. The fourth-order valence-corrected chi connectivity index (χ4v) is 5.18. The molecule has 7 heteroatoms. The predicted molar refractivity (Wildman–Crippen MR) is 148 cm³/mol. The van der Waals surface area contributed by atoms with E-state index in [1.165, 1.54) is 31.9 Å². The second-order valence-corrected chi connectivity index (χ2v) is 10.3. The van der Waals surface area contributed by atoms with Gasteiger partial charge in [-0.15, -0.1) is 0 Å². The monoisotopic (exact) mass is 518 g/mol. The molecule has 0 bridgehead atoms. The van der Waals surface area contributed by atoms with Crippen LogP contribution in [0.15, 0.2) is 64.0 Å². The fourth-order valence-electron chi connectivity index (χ4n) is 5.18. The van der Waals surface area contributed by atoms with E-state index in [1.54, 1.807) is 23.0 Å². The average molecular weight is 519 g/mol. The van der Waals surface area contributed by atoms with Crippen LogP contribution in [0, 0.1) is 12.8 Å². The standard InChI is InChI=1S/C31H38N2O5/c1-23-12-14-28-27(18-23)31(36)26(22-38-28)20-33(19-25-10-4-3-5-11-25)30(35)21-32(16-17-37-2)29(34)15-13-24-8-6-7-9-24/h3-5,10-12,14,18,22,24H,6-9,13,15-17,19-21H2,1-2H3. The number of hydrogen-bond acceptors (Lipinski definition) is 5. The number of carbonyl (C=O) groups is 2. The Hall–Kier alpha value is -3.45. The van der Waals surface area contributed by atoms with Crippen molar-refractivity contribution in [3.8, 4) is 0 Å². The van der Waals surface area contributed by atoms with E-state index in [0.29, 0.717) is 48.6 Å². The Labute approximate surface area is 224 Å². The summed E-state index contributed by atoms with van der Waals surface area (Å²) in [5.74, 6) is 0.356. The van der Waals surface area contributed by atoms with Crippen molar-refractivity contribution in [2.75, 3.05) is 26.8 Å². The molecule has 0 atom stereocenters. The van der Waals surface area contributed by atoms with Crippen molar-refractivity contribution in [1.29, 1.82) is 0 Å². The van der Waals surface area contributed by atoms with Gasteiger partial charge < -0.3 is 19.0 Å². The minimum absolute atomic E-state index is 0.0253. The molecule has 2 amide bonds. The topological polar surface area (TPSA) is 80.1 Å². The van der Waals surface area contributed by atoms with Gasteiger partial charge in [0.1, 0.15) is 5.58 Å². The summed E-state index contributed by atoms with van der Waals surface area (Å²) >= 11 is 0. The van der Waals surface area contributed by atoms with E-state index in [1.807, 2.05) is 49.4 Å². The maximum Gasteiger partial charge on any atom is 0.242 e. The van der Waals surface area contributed by atoms with Crippen molar-refractivity contribution >= 4 is 22.8 Å². The van der Waals surface area contributed by atoms with Crippen molar-refractivity contribution in [3.05, 3.63) is 81.7 Å². The summed E-state index contributed by atoms with van der Waals surface area (Å²) in [7, 11) is 1.59. The Morgan fingerprint density at radius 2 is 1.76 bits per heavy atom. The zero-order chi connectivity index (χ0) is 26.9. The fraction of sp³-hybridized carbons (Fsp3) is 0.452. The van der Waals surface area contributed by atoms with Crippen molar-refractivity contribution < 1.29 is 18.7 Å². The lowest BCUT2D eigenvalue weighted by atomic mass is 10.0. The number of methoxy groups -OCH3 is 1. The molecule has 0 N–H and O–H groups in total. The number of rotatable bonds is 12. The van der Waals surface area contributed by atoms with E-state index in [2.05, 4.69) is 0 Å². The number of carbonyl (C=O) groups excluding carboxylic acids is 2. The van der Waals surface area contributed by atoms with Crippen LogP contribution in [0.3, 0.4) is 0 Å². The first-order chi connectivity index (χ1) is 18.4. The summed E-state index contributed by atoms with van der Waals surface area (Å²) in [6.07, 6.45) is 7.59. The Morgan fingerprint density at radius 3 is 2.50 bits per heavy atom. The van der Waals surface area contributed by atoms with Crippen LogP contribution in [0.4, 0.5) is 0 Å². The normalized spacial score (nSPS) is 13.6. The summed E-state index contributed by atoms with van der Waals surface area (Å²) in [5, 5.41) is 0.499. The van der Waals surface area contributed by atoms with Gasteiger partial charge in [-0.05, 0) is 37.0 Å². The van der Waals surface area contributed by atoms with E-state index in [0.717, 1.165) is 17.5 Å². The van der Waals surface area contributed by atoms with Gasteiger partial charge in [0.05, 0.1) is 36.9 Å². The number of fused-ring (bicyclic) bond motifs is 1. The van der Waals surface area contributed by atoms with Crippen LogP contribution in [0.1, 0.15) is 55.2 Å². The van der Waals surface area contributed by atoms with Crippen LogP contribution in [0.5, 0.6) is 0 Å². The van der Waals surface area contributed by atoms with Gasteiger partial charge >= 0.3 is 0 Å². The molecule has 1 aromatic heterocycles. The lowest BCUT2D eigenvalue weighted by Gasteiger charge is -2.28. The van der Waals surface area contributed by atoms with Crippen molar-refractivity contribution in [1.82, 2.24) is 9.80 Å². The summed E-state index contributed by atoms with van der Waals surface area (Å²) in [4.78, 5) is 43.4. The number of amides is 2. The molecule has 0 unspecified atom stereocenters. The number of hydrogen-bond donors (Lipinski definition) is 0. The Kier molecular flexibility index (Phi) is 9.71.